The highest BCUT2D eigenvalue weighted by molar-refractivity contribution is 5.90. The highest BCUT2D eigenvalue weighted by Gasteiger charge is 2.12. The van der Waals surface area contributed by atoms with Gasteiger partial charge in [-0.2, -0.15) is 0 Å². The predicted molar refractivity (Wildman–Crippen MR) is 103 cm³/mol. The van der Waals surface area contributed by atoms with E-state index in [1.807, 2.05) is 0 Å². The van der Waals surface area contributed by atoms with Crippen LogP contribution in [0.25, 0.3) is 11.3 Å². The van der Waals surface area contributed by atoms with Crippen molar-refractivity contribution in [2.24, 2.45) is 0 Å². The van der Waals surface area contributed by atoms with Crippen LogP contribution in [0, 0.1) is 5.82 Å². The lowest BCUT2D eigenvalue weighted by Crippen LogP contribution is -2.19. The van der Waals surface area contributed by atoms with E-state index in [4.69, 9.17) is 4.42 Å². The smallest absolute Gasteiger partial charge is 0.224 e. The molecule has 2 aromatic carbocycles. The van der Waals surface area contributed by atoms with Gasteiger partial charge < -0.3 is 15.1 Å². The number of amides is 2. The van der Waals surface area contributed by atoms with Crippen molar-refractivity contribution < 1.29 is 18.4 Å². The van der Waals surface area contributed by atoms with Gasteiger partial charge in [0.2, 0.25) is 11.8 Å². The monoisotopic (exact) mass is 381 g/mol. The SMILES string of the molecule is CNC(=O)Cc1ccc(NC(=O)CCc2ncc(-c3ccccc3F)o2)cc1. The molecule has 0 saturated carbocycles. The van der Waals surface area contributed by atoms with Crippen LogP contribution < -0.4 is 10.6 Å². The maximum atomic E-state index is 13.8. The van der Waals surface area contributed by atoms with Crippen molar-refractivity contribution >= 4 is 17.5 Å². The fraction of sp³-hybridized carbons (Fsp3) is 0.190. The Morgan fingerprint density at radius 1 is 1.07 bits per heavy atom. The number of carbonyl (C=O) groups is 2. The zero-order chi connectivity index (χ0) is 19.9. The molecule has 3 aromatic rings. The Morgan fingerprint density at radius 3 is 2.54 bits per heavy atom. The van der Waals surface area contributed by atoms with Crippen molar-refractivity contribution in [1.82, 2.24) is 10.3 Å². The number of hydrogen-bond donors (Lipinski definition) is 2. The molecule has 0 aliphatic heterocycles. The summed E-state index contributed by atoms with van der Waals surface area (Å²) in [6, 6.07) is 13.4. The number of nitrogens with zero attached hydrogens (tertiary/aromatic N) is 1. The van der Waals surface area contributed by atoms with E-state index in [0.717, 1.165) is 5.56 Å². The number of likely N-dealkylation sites (N-methyl/N-ethyl adjacent to an activating group) is 1. The van der Waals surface area contributed by atoms with E-state index in [1.54, 1.807) is 49.5 Å². The first-order valence-electron chi connectivity index (χ1n) is 8.84. The summed E-state index contributed by atoms with van der Waals surface area (Å²) in [5, 5.41) is 5.35. The summed E-state index contributed by atoms with van der Waals surface area (Å²) in [6.07, 6.45) is 2.22. The van der Waals surface area contributed by atoms with Crippen LogP contribution >= 0.6 is 0 Å². The average molecular weight is 381 g/mol. The maximum absolute atomic E-state index is 13.8. The van der Waals surface area contributed by atoms with Crippen molar-refractivity contribution in [2.45, 2.75) is 19.3 Å². The molecule has 0 radical (unpaired) electrons. The van der Waals surface area contributed by atoms with Crippen LogP contribution in [-0.4, -0.2) is 23.8 Å². The Kier molecular flexibility index (Phi) is 6.16. The molecule has 0 unspecified atom stereocenters. The van der Waals surface area contributed by atoms with Gasteiger partial charge in [0.15, 0.2) is 11.7 Å². The molecule has 1 aromatic heterocycles. The molecule has 0 saturated heterocycles. The van der Waals surface area contributed by atoms with Crippen molar-refractivity contribution in [2.75, 3.05) is 12.4 Å². The second-order valence-corrected chi connectivity index (χ2v) is 6.19. The lowest BCUT2D eigenvalue weighted by molar-refractivity contribution is -0.120. The van der Waals surface area contributed by atoms with Gasteiger partial charge in [0.25, 0.3) is 0 Å². The highest BCUT2D eigenvalue weighted by atomic mass is 19.1. The number of nitrogens with one attached hydrogen (secondary N) is 2. The lowest BCUT2D eigenvalue weighted by atomic mass is 10.1. The molecule has 0 fully saturated rings. The number of anilines is 1. The minimum Gasteiger partial charge on any atom is -0.441 e. The third-order valence-corrected chi connectivity index (χ3v) is 4.14. The van der Waals surface area contributed by atoms with Crippen molar-refractivity contribution in [3.8, 4) is 11.3 Å². The van der Waals surface area contributed by atoms with E-state index >= 15 is 0 Å². The summed E-state index contributed by atoms with van der Waals surface area (Å²) in [5.41, 5.74) is 1.84. The zero-order valence-electron chi connectivity index (χ0n) is 15.4. The second kappa shape index (κ2) is 8.94. The Morgan fingerprint density at radius 2 is 1.82 bits per heavy atom. The van der Waals surface area contributed by atoms with Gasteiger partial charge in [-0.3, -0.25) is 9.59 Å². The second-order valence-electron chi connectivity index (χ2n) is 6.19. The Balaban J connectivity index is 1.52. The van der Waals surface area contributed by atoms with Gasteiger partial charge >= 0.3 is 0 Å². The predicted octanol–water partition coefficient (Wildman–Crippen LogP) is 3.34. The van der Waals surface area contributed by atoms with Gasteiger partial charge in [0.1, 0.15) is 5.82 Å². The van der Waals surface area contributed by atoms with Crippen molar-refractivity contribution in [3.63, 3.8) is 0 Å². The van der Waals surface area contributed by atoms with Crippen LogP contribution in [0.5, 0.6) is 0 Å². The molecule has 0 aliphatic rings. The summed E-state index contributed by atoms with van der Waals surface area (Å²) in [5.74, 6) is 0.0551. The van der Waals surface area contributed by atoms with Crippen LogP contribution in [0.3, 0.4) is 0 Å². The fourth-order valence-electron chi connectivity index (χ4n) is 2.64. The molecule has 0 bridgehead atoms. The quantitative estimate of drug-likeness (QED) is 0.657. The van der Waals surface area contributed by atoms with Crippen molar-refractivity contribution in [1.29, 1.82) is 0 Å². The Bertz CT molecular complexity index is 967. The van der Waals surface area contributed by atoms with E-state index in [2.05, 4.69) is 15.6 Å². The molecular formula is C21H20FN3O3. The summed E-state index contributed by atoms with van der Waals surface area (Å²) in [4.78, 5) is 27.6. The van der Waals surface area contributed by atoms with Crippen molar-refractivity contribution in [3.05, 3.63) is 72.0 Å². The first kappa shape index (κ1) is 19.3. The van der Waals surface area contributed by atoms with E-state index in [0.29, 0.717) is 35.7 Å². The molecular weight excluding hydrogens is 361 g/mol. The number of carbonyl (C=O) groups excluding carboxylic acids is 2. The molecule has 144 valence electrons. The summed E-state index contributed by atoms with van der Waals surface area (Å²) >= 11 is 0. The summed E-state index contributed by atoms with van der Waals surface area (Å²) < 4.78 is 19.3. The van der Waals surface area contributed by atoms with Crippen LogP contribution in [-0.2, 0) is 22.4 Å². The number of oxazole rings is 1. The molecule has 1 heterocycles. The average Bonchev–Trinajstić information content (AvgIpc) is 3.17. The third kappa shape index (κ3) is 5.03. The molecule has 0 spiro atoms. The van der Waals surface area contributed by atoms with Gasteiger partial charge in [-0.25, -0.2) is 9.37 Å². The van der Waals surface area contributed by atoms with Crippen LogP contribution in [0.4, 0.5) is 10.1 Å². The van der Waals surface area contributed by atoms with Crippen LogP contribution in [0.1, 0.15) is 17.9 Å². The summed E-state index contributed by atoms with van der Waals surface area (Å²) in [7, 11) is 1.59. The van der Waals surface area contributed by atoms with E-state index < -0.39 is 0 Å². The molecule has 7 heteroatoms. The lowest BCUT2D eigenvalue weighted by Gasteiger charge is -2.06. The molecule has 0 aliphatic carbocycles. The zero-order valence-corrected chi connectivity index (χ0v) is 15.4. The van der Waals surface area contributed by atoms with E-state index in [1.165, 1.54) is 12.3 Å². The van der Waals surface area contributed by atoms with E-state index in [-0.39, 0.29) is 24.1 Å². The van der Waals surface area contributed by atoms with Gasteiger partial charge in [0.05, 0.1) is 18.2 Å². The number of aromatic nitrogens is 1. The fourth-order valence-corrected chi connectivity index (χ4v) is 2.64. The van der Waals surface area contributed by atoms with Gasteiger partial charge in [-0.1, -0.05) is 24.3 Å². The molecule has 2 N–H and O–H groups in total. The van der Waals surface area contributed by atoms with Gasteiger partial charge in [0, 0.05) is 25.6 Å². The minimum absolute atomic E-state index is 0.0718. The highest BCUT2D eigenvalue weighted by Crippen LogP contribution is 2.23. The first-order valence-corrected chi connectivity index (χ1v) is 8.84. The molecule has 3 rings (SSSR count). The normalized spacial score (nSPS) is 10.5. The molecule has 0 atom stereocenters. The van der Waals surface area contributed by atoms with Gasteiger partial charge in [-0.15, -0.1) is 0 Å². The van der Waals surface area contributed by atoms with Crippen LogP contribution in [0.15, 0.2) is 59.1 Å². The van der Waals surface area contributed by atoms with E-state index in [9.17, 15) is 14.0 Å². The largest absolute Gasteiger partial charge is 0.441 e. The molecule has 2 amide bonds. The first-order chi connectivity index (χ1) is 13.5. The minimum atomic E-state index is -0.386. The molecule has 28 heavy (non-hydrogen) atoms. The molecule has 6 nitrogen and oxygen atoms in total. The Hall–Kier alpha value is -3.48. The van der Waals surface area contributed by atoms with Gasteiger partial charge in [-0.05, 0) is 29.8 Å². The van der Waals surface area contributed by atoms with Crippen LogP contribution in [0.2, 0.25) is 0 Å². The standard InChI is InChI=1S/C21H20FN3O3/c1-23-20(27)12-14-6-8-15(9-7-14)25-19(26)10-11-21-24-13-18(28-21)16-4-2-3-5-17(16)22/h2-9,13H,10-12H2,1H3,(H,23,27)(H,25,26). The Labute approximate surface area is 161 Å². The number of rotatable bonds is 7. The maximum Gasteiger partial charge on any atom is 0.224 e. The summed E-state index contributed by atoms with van der Waals surface area (Å²) in [6.45, 7) is 0. The number of aryl methyl sites for hydroxylation is 1. The third-order valence-electron chi connectivity index (χ3n) is 4.14. The topological polar surface area (TPSA) is 84.2 Å². The number of benzene rings is 2. The number of halogens is 1. The number of hydrogen-bond acceptors (Lipinski definition) is 4.